The second kappa shape index (κ2) is 6.27. The molecule has 0 amide bonds. The van der Waals surface area contributed by atoms with E-state index in [1.54, 1.807) is 25.6 Å². The molecule has 22 heavy (non-hydrogen) atoms. The van der Waals surface area contributed by atoms with Crippen LogP contribution in [0.25, 0.3) is 10.9 Å². The summed E-state index contributed by atoms with van der Waals surface area (Å²) in [5.41, 5.74) is 0.747. The van der Waals surface area contributed by atoms with Crippen LogP contribution in [0.15, 0.2) is 41.1 Å². The van der Waals surface area contributed by atoms with Gasteiger partial charge in [0.1, 0.15) is 17.2 Å². The summed E-state index contributed by atoms with van der Waals surface area (Å²) in [5.74, 6) is 2.63. The third-order valence-corrected chi connectivity index (χ3v) is 3.73. The number of pyridine rings is 1. The van der Waals surface area contributed by atoms with Crippen molar-refractivity contribution in [1.29, 1.82) is 0 Å². The van der Waals surface area contributed by atoms with E-state index in [-0.39, 0.29) is 0 Å². The van der Waals surface area contributed by atoms with E-state index >= 15 is 0 Å². The van der Waals surface area contributed by atoms with E-state index in [4.69, 9.17) is 14.2 Å². The van der Waals surface area contributed by atoms with Crippen LogP contribution in [0.2, 0.25) is 0 Å². The molecule has 2 heterocycles. The Morgan fingerprint density at radius 2 is 2.09 bits per heavy atom. The number of ether oxygens (including phenoxy) is 3. The Morgan fingerprint density at radius 3 is 2.77 bits per heavy atom. The highest BCUT2D eigenvalue weighted by molar-refractivity contribution is 9.10. The van der Waals surface area contributed by atoms with Gasteiger partial charge in [0.25, 0.3) is 0 Å². The maximum absolute atomic E-state index is 5.93. The predicted molar refractivity (Wildman–Crippen MR) is 88.0 cm³/mol. The Bertz CT molecular complexity index is 788. The van der Waals surface area contributed by atoms with Crippen LogP contribution in [0.1, 0.15) is 6.92 Å². The van der Waals surface area contributed by atoms with E-state index in [0.29, 0.717) is 24.0 Å². The van der Waals surface area contributed by atoms with Crippen molar-refractivity contribution in [2.24, 2.45) is 0 Å². The number of hydrogen-bond donors (Lipinski definition) is 1. The third-order valence-electron chi connectivity index (χ3n) is 3.11. The lowest BCUT2D eigenvalue weighted by Gasteiger charge is -2.12. The molecule has 6 heteroatoms. The quantitative estimate of drug-likeness (QED) is 0.724. The standard InChI is InChI=1S/C16H15BrN2O3/c1-3-21-16-8-14(22-10-4-5-18-9-10)11-6-12(17)15(20-2)7-13(11)19-16/h4-9,18H,3H2,1-2H3. The number of rotatable bonds is 5. The van der Waals surface area contributed by atoms with Gasteiger partial charge >= 0.3 is 0 Å². The third kappa shape index (κ3) is 2.87. The minimum atomic E-state index is 0.518. The van der Waals surface area contributed by atoms with Gasteiger partial charge in [-0.05, 0) is 35.0 Å². The van der Waals surface area contributed by atoms with Gasteiger partial charge in [0.2, 0.25) is 5.88 Å². The second-order valence-corrected chi connectivity index (χ2v) is 5.40. The van der Waals surface area contributed by atoms with Crippen molar-refractivity contribution in [3.05, 3.63) is 41.1 Å². The molecular formula is C16H15BrN2O3. The minimum Gasteiger partial charge on any atom is -0.495 e. The lowest BCUT2D eigenvalue weighted by molar-refractivity contribution is 0.326. The van der Waals surface area contributed by atoms with Crippen LogP contribution in [0, 0.1) is 0 Å². The van der Waals surface area contributed by atoms with Gasteiger partial charge < -0.3 is 19.2 Å². The molecular weight excluding hydrogens is 348 g/mol. The van der Waals surface area contributed by atoms with Crippen LogP contribution >= 0.6 is 15.9 Å². The Labute approximate surface area is 136 Å². The van der Waals surface area contributed by atoms with E-state index in [9.17, 15) is 0 Å². The maximum atomic E-state index is 5.93. The molecule has 0 atom stereocenters. The van der Waals surface area contributed by atoms with Crippen molar-refractivity contribution < 1.29 is 14.2 Å². The molecule has 0 saturated carbocycles. The zero-order valence-electron chi connectivity index (χ0n) is 12.2. The maximum Gasteiger partial charge on any atom is 0.217 e. The highest BCUT2D eigenvalue weighted by atomic mass is 79.9. The van der Waals surface area contributed by atoms with Gasteiger partial charge in [0.15, 0.2) is 0 Å². The fraction of sp³-hybridized carbons (Fsp3) is 0.188. The molecule has 1 N–H and O–H groups in total. The molecule has 5 nitrogen and oxygen atoms in total. The summed E-state index contributed by atoms with van der Waals surface area (Å²) in [4.78, 5) is 7.46. The van der Waals surface area contributed by atoms with Crippen molar-refractivity contribution in [3.63, 3.8) is 0 Å². The summed E-state index contributed by atoms with van der Waals surface area (Å²) in [7, 11) is 1.62. The topological polar surface area (TPSA) is 56.4 Å². The summed E-state index contributed by atoms with van der Waals surface area (Å²) < 4.78 is 17.6. The van der Waals surface area contributed by atoms with Gasteiger partial charge in [-0.25, -0.2) is 4.98 Å². The monoisotopic (exact) mass is 362 g/mol. The molecule has 1 aromatic carbocycles. The van der Waals surface area contributed by atoms with Crippen molar-refractivity contribution in [2.45, 2.75) is 6.92 Å². The van der Waals surface area contributed by atoms with E-state index in [2.05, 4.69) is 25.9 Å². The number of aromatic nitrogens is 2. The van der Waals surface area contributed by atoms with Crippen molar-refractivity contribution in [3.8, 4) is 23.1 Å². The number of methoxy groups -OCH3 is 1. The average Bonchev–Trinajstić information content (AvgIpc) is 3.01. The van der Waals surface area contributed by atoms with Crippen LogP contribution in [0.4, 0.5) is 0 Å². The van der Waals surface area contributed by atoms with Crippen LogP contribution in [0.5, 0.6) is 23.1 Å². The van der Waals surface area contributed by atoms with Crippen LogP contribution in [-0.2, 0) is 0 Å². The van der Waals surface area contributed by atoms with Crippen LogP contribution in [0.3, 0.4) is 0 Å². The lowest BCUT2D eigenvalue weighted by Crippen LogP contribution is -1.97. The molecule has 3 rings (SSSR count). The van der Waals surface area contributed by atoms with Crippen LogP contribution < -0.4 is 14.2 Å². The summed E-state index contributed by atoms with van der Waals surface area (Å²) in [6.07, 6.45) is 3.59. The zero-order chi connectivity index (χ0) is 15.5. The molecule has 0 bridgehead atoms. The number of aromatic amines is 1. The molecule has 114 valence electrons. The van der Waals surface area contributed by atoms with Gasteiger partial charge in [0, 0.05) is 29.9 Å². The molecule has 0 saturated heterocycles. The summed E-state index contributed by atoms with van der Waals surface area (Å²) in [6, 6.07) is 7.42. The van der Waals surface area contributed by atoms with Gasteiger partial charge in [-0.1, -0.05) is 0 Å². The fourth-order valence-electron chi connectivity index (χ4n) is 2.14. The molecule has 0 spiro atoms. The van der Waals surface area contributed by atoms with Crippen molar-refractivity contribution in [2.75, 3.05) is 13.7 Å². The predicted octanol–water partition coefficient (Wildman–Crippen LogP) is 4.53. The molecule has 2 aromatic heterocycles. The average molecular weight is 363 g/mol. The van der Waals surface area contributed by atoms with Crippen molar-refractivity contribution >= 4 is 26.8 Å². The highest BCUT2D eigenvalue weighted by Crippen LogP contribution is 2.37. The molecule has 0 fully saturated rings. The molecule has 0 unspecified atom stereocenters. The van der Waals surface area contributed by atoms with Crippen LogP contribution in [-0.4, -0.2) is 23.7 Å². The van der Waals surface area contributed by atoms with Gasteiger partial charge in [-0.3, -0.25) is 0 Å². The summed E-state index contributed by atoms with van der Waals surface area (Å²) in [6.45, 7) is 2.45. The smallest absolute Gasteiger partial charge is 0.217 e. The van der Waals surface area contributed by atoms with E-state index in [0.717, 1.165) is 21.1 Å². The van der Waals surface area contributed by atoms with E-state index in [1.807, 2.05) is 25.1 Å². The first kappa shape index (κ1) is 14.7. The summed E-state index contributed by atoms with van der Waals surface area (Å²) in [5, 5.41) is 0.873. The number of nitrogens with zero attached hydrogens (tertiary/aromatic N) is 1. The Kier molecular flexibility index (Phi) is 4.20. The number of halogens is 1. The number of fused-ring (bicyclic) bond motifs is 1. The first-order chi connectivity index (χ1) is 10.7. The Hall–Kier alpha value is -2.21. The fourth-order valence-corrected chi connectivity index (χ4v) is 2.64. The molecule has 0 aliphatic carbocycles. The van der Waals surface area contributed by atoms with Crippen molar-refractivity contribution in [1.82, 2.24) is 9.97 Å². The molecule has 0 radical (unpaired) electrons. The molecule has 0 aliphatic heterocycles. The largest absolute Gasteiger partial charge is 0.495 e. The minimum absolute atomic E-state index is 0.518. The highest BCUT2D eigenvalue weighted by Gasteiger charge is 2.13. The van der Waals surface area contributed by atoms with E-state index < -0.39 is 0 Å². The number of nitrogens with one attached hydrogen (secondary N) is 1. The van der Waals surface area contributed by atoms with Gasteiger partial charge in [-0.2, -0.15) is 0 Å². The Balaban J connectivity index is 2.16. The zero-order valence-corrected chi connectivity index (χ0v) is 13.8. The number of benzene rings is 1. The summed E-state index contributed by atoms with van der Waals surface area (Å²) >= 11 is 3.49. The molecule has 3 aromatic rings. The normalized spacial score (nSPS) is 10.7. The van der Waals surface area contributed by atoms with Gasteiger partial charge in [0.05, 0.1) is 23.7 Å². The van der Waals surface area contributed by atoms with Gasteiger partial charge in [-0.15, -0.1) is 0 Å². The lowest BCUT2D eigenvalue weighted by atomic mass is 10.2. The second-order valence-electron chi connectivity index (χ2n) is 4.54. The SMILES string of the molecule is CCOc1cc(Oc2cc[nH]c2)c2cc(Br)c(OC)cc2n1. The number of hydrogen-bond acceptors (Lipinski definition) is 4. The molecule has 0 aliphatic rings. The first-order valence-corrected chi connectivity index (χ1v) is 7.62. The van der Waals surface area contributed by atoms with E-state index in [1.165, 1.54) is 0 Å². The first-order valence-electron chi connectivity index (χ1n) is 6.83. The number of H-pyrrole nitrogens is 1. The Morgan fingerprint density at radius 1 is 1.23 bits per heavy atom.